The zero-order valence-corrected chi connectivity index (χ0v) is 9.45. The first-order valence-electron chi connectivity index (χ1n) is 5.55. The monoisotopic (exact) mass is 195 g/mol. The predicted molar refractivity (Wildman–Crippen MR) is 60.5 cm³/mol. The van der Waals surface area contributed by atoms with Gasteiger partial charge in [0.15, 0.2) is 0 Å². The molecule has 1 unspecified atom stereocenters. The molecule has 0 saturated carbocycles. The average molecular weight is 195 g/mol. The summed E-state index contributed by atoms with van der Waals surface area (Å²) in [6.07, 6.45) is 7.54. The molecule has 0 aliphatic heterocycles. The molecule has 80 valence electrons. The molecule has 0 bridgehead atoms. The van der Waals surface area contributed by atoms with Crippen molar-refractivity contribution in [2.24, 2.45) is 0 Å². The highest BCUT2D eigenvalue weighted by atomic mass is 15.3. The molecule has 0 aliphatic rings. The van der Waals surface area contributed by atoms with Crippen molar-refractivity contribution in [3.63, 3.8) is 0 Å². The van der Waals surface area contributed by atoms with Crippen LogP contribution in [0.15, 0.2) is 12.4 Å². The van der Waals surface area contributed by atoms with E-state index in [4.69, 9.17) is 0 Å². The van der Waals surface area contributed by atoms with Gasteiger partial charge in [0.25, 0.3) is 0 Å². The molecule has 0 aliphatic carbocycles. The van der Waals surface area contributed by atoms with E-state index in [1.54, 1.807) is 0 Å². The Morgan fingerprint density at radius 2 is 2.21 bits per heavy atom. The van der Waals surface area contributed by atoms with Gasteiger partial charge < -0.3 is 5.32 Å². The lowest BCUT2D eigenvalue weighted by Gasteiger charge is -2.11. The molecule has 1 atom stereocenters. The number of anilines is 1. The summed E-state index contributed by atoms with van der Waals surface area (Å²) in [7, 11) is 0. The van der Waals surface area contributed by atoms with E-state index >= 15 is 0 Å². The fourth-order valence-corrected chi connectivity index (χ4v) is 1.58. The summed E-state index contributed by atoms with van der Waals surface area (Å²) < 4.78 is 1.99. The first-order valence-corrected chi connectivity index (χ1v) is 5.55. The third kappa shape index (κ3) is 3.40. The Balaban J connectivity index is 2.42. The van der Waals surface area contributed by atoms with Crippen LogP contribution in [0.2, 0.25) is 0 Å². The number of aromatic nitrogens is 2. The minimum absolute atomic E-state index is 0.541. The van der Waals surface area contributed by atoms with Crippen LogP contribution in [0.5, 0.6) is 0 Å². The number of hydrogen-bond donors (Lipinski definition) is 1. The van der Waals surface area contributed by atoms with Crippen LogP contribution in [-0.4, -0.2) is 15.8 Å². The third-order valence-electron chi connectivity index (χ3n) is 2.22. The molecule has 1 aromatic rings. The first-order chi connectivity index (χ1) is 6.76. The van der Waals surface area contributed by atoms with Crippen molar-refractivity contribution in [2.75, 3.05) is 5.32 Å². The van der Waals surface area contributed by atoms with E-state index in [9.17, 15) is 0 Å². The van der Waals surface area contributed by atoms with Crippen molar-refractivity contribution in [3.05, 3.63) is 12.4 Å². The molecular weight excluding hydrogens is 174 g/mol. The second-order valence-electron chi connectivity index (χ2n) is 3.83. The molecular formula is C11H21N3. The number of hydrogen-bond acceptors (Lipinski definition) is 2. The van der Waals surface area contributed by atoms with Crippen LogP contribution in [0.1, 0.15) is 40.0 Å². The molecule has 0 fully saturated rings. The van der Waals surface area contributed by atoms with Gasteiger partial charge in [0.1, 0.15) is 0 Å². The highest BCUT2D eigenvalue weighted by Crippen LogP contribution is 2.09. The van der Waals surface area contributed by atoms with Crippen LogP contribution in [0.25, 0.3) is 0 Å². The Morgan fingerprint density at radius 1 is 1.43 bits per heavy atom. The van der Waals surface area contributed by atoms with Crippen LogP contribution < -0.4 is 5.32 Å². The molecule has 14 heavy (non-hydrogen) atoms. The van der Waals surface area contributed by atoms with Crippen LogP contribution in [-0.2, 0) is 6.54 Å². The highest BCUT2D eigenvalue weighted by molar-refractivity contribution is 5.38. The fraction of sp³-hybridized carbons (Fsp3) is 0.727. The Morgan fingerprint density at radius 3 is 2.86 bits per heavy atom. The number of rotatable bonds is 6. The maximum atomic E-state index is 4.27. The van der Waals surface area contributed by atoms with Crippen molar-refractivity contribution in [1.29, 1.82) is 0 Å². The van der Waals surface area contributed by atoms with Gasteiger partial charge in [-0.25, -0.2) is 0 Å². The van der Waals surface area contributed by atoms with Gasteiger partial charge in [-0.1, -0.05) is 20.3 Å². The van der Waals surface area contributed by atoms with E-state index in [0.717, 1.165) is 18.7 Å². The predicted octanol–water partition coefficient (Wildman–Crippen LogP) is 2.89. The third-order valence-corrected chi connectivity index (χ3v) is 2.22. The molecule has 0 saturated heterocycles. The standard InChI is InChI=1S/C11H21N3/c1-4-6-10(3)13-11-8-12-14(9-11)7-5-2/h8-10,13H,4-7H2,1-3H3. The summed E-state index contributed by atoms with van der Waals surface area (Å²) in [6.45, 7) is 7.58. The first kappa shape index (κ1) is 11.1. The Hall–Kier alpha value is -0.990. The summed E-state index contributed by atoms with van der Waals surface area (Å²) in [6, 6.07) is 0.541. The van der Waals surface area contributed by atoms with E-state index in [1.165, 1.54) is 12.8 Å². The molecule has 0 spiro atoms. The fourth-order valence-electron chi connectivity index (χ4n) is 1.58. The van der Waals surface area contributed by atoms with Gasteiger partial charge in [0, 0.05) is 18.8 Å². The Labute approximate surface area is 86.5 Å². The zero-order chi connectivity index (χ0) is 10.4. The van der Waals surface area contributed by atoms with E-state index in [1.807, 2.05) is 10.9 Å². The van der Waals surface area contributed by atoms with Gasteiger partial charge in [-0.2, -0.15) is 5.10 Å². The highest BCUT2D eigenvalue weighted by Gasteiger charge is 2.02. The largest absolute Gasteiger partial charge is 0.380 e. The van der Waals surface area contributed by atoms with Gasteiger partial charge in [0.05, 0.1) is 11.9 Å². The van der Waals surface area contributed by atoms with Crippen LogP contribution in [0, 0.1) is 0 Å². The summed E-state index contributed by atoms with van der Waals surface area (Å²) in [4.78, 5) is 0. The molecule has 0 amide bonds. The molecule has 3 nitrogen and oxygen atoms in total. The Kier molecular flexibility index (Phi) is 4.50. The van der Waals surface area contributed by atoms with Gasteiger partial charge in [0.2, 0.25) is 0 Å². The molecule has 1 rings (SSSR count). The molecule has 1 heterocycles. The van der Waals surface area contributed by atoms with E-state index < -0.39 is 0 Å². The van der Waals surface area contributed by atoms with Crippen LogP contribution >= 0.6 is 0 Å². The quantitative estimate of drug-likeness (QED) is 0.756. The van der Waals surface area contributed by atoms with Crippen LogP contribution in [0.4, 0.5) is 5.69 Å². The molecule has 1 N–H and O–H groups in total. The second-order valence-corrected chi connectivity index (χ2v) is 3.83. The SMILES string of the molecule is CCCC(C)Nc1cnn(CCC)c1. The van der Waals surface area contributed by atoms with Gasteiger partial charge in [-0.15, -0.1) is 0 Å². The van der Waals surface area contributed by atoms with Gasteiger partial charge >= 0.3 is 0 Å². The van der Waals surface area contributed by atoms with E-state index in [-0.39, 0.29) is 0 Å². The normalized spacial score (nSPS) is 12.8. The van der Waals surface area contributed by atoms with Crippen molar-refractivity contribution >= 4 is 5.69 Å². The van der Waals surface area contributed by atoms with Gasteiger partial charge in [-0.05, 0) is 19.8 Å². The lowest BCUT2D eigenvalue weighted by Crippen LogP contribution is -2.13. The summed E-state index contributed by atoms with van der Waals surface area (Å²) in [5.41, 5.74) is 1.14. The van der Waals surface area contributed by atoms with Gasteiger partial charge in [-0.3, -0.25) is 4.68 Å². The maximum Gasteiger partial charge on any atom is 0.0728 e. The smallest absolute Gasteiger partial charge is 0.0728 e. The van der Waals surface area contributed by atoms with E-state index in [2.05, 4.69) is 37.4 Å². The summed E-state index contributed by atoms with van der Waals surface area (Å²) in [5, 5.41) is 7.71. The van der Waals surface area contributed by atoms with Crippen molar-refractivity contribution in [2.45, 2.75) is 52.6 Å². The maximum absolute atomic E-state index is 4.27. The lowest BCUT2D eigenvalue weighted by atomic mass is 10.2. The van der Waals surface area contributed by atoms with Crippen molar-refractivity contribution in [1.82, 2.24) is 9.78 Å². The Bertz CT molecular complexity index is 255. The lowest BCUT2D eigenvalue weighted by molar-refractivity contribution is 0.602. The number of aryl methyl sites for hydroxylation is 1. The number of nitrogens with zero attached hydrogens (tertiary/aromatic N) is 2. The molecule has 3 heteroatoms. The molecule has 0 radical (unpaired) electrons. The average Bonchev–Trinajstić information content (AvgIpc) is 2.53. The molecule has 1 aromatic heterocycles. The number of nitrogens with one attached hydrogen (secondary N) is 1. The summed E-state index contributed by atoms with van der Waals surface area (Å²) in [5.74, 6) is 0. The topological polar surface area (TPSA) is 29.9 Å². The van der Waals surface area contributed by atoms with Crippen LogP contribution in [0.3, 0.4) is 0 Å². The second kappa shape index (κ2) is 5.68. The van der Waals surface area contributed by atoms with Crippen molar-refractivity contribution in [3.8, 4) is 0 Å². The summed E-state index contributed by atoms with van der Waals surface area (Å²) >= 11 is 0. The van der Waals surface area contributed by atoms with E-state index in [0.29, 0.717) is 6.04 Å². The van der Waals surface area contributed by atoms with Crippen molar-refractivity contribution < 1.29 is 0 Å². The minimum Gasteiger partial charge on any atom is -0.380 e. The minimum atomic E-state index is 0.541. The molecule has 0 aromatic carbocycles. The zero-order valence-electron chi connectivity index (χ0n) is 9.45.